The second-order valence-electron chi connectivity index (χ2n) is 3.92. The lowest BCUT2D eigenvalue weighted by molar-refractivity contribution is 0.146. The highest BCUT2D eigenvalue weighted by molar-refractivity contribution is 7.88. The quantitative estimate of drug-likeness (QED) is 0.745. The highest BCUT2D eigenvalue weighted by Gasteiger charge is 2.14. The molecule has 6 nitrogen and oxygen atoms in total. The van der Waals surface area contributed by atoms with Crippen molar-refractivity contribution in [2.45, 2.75) is 26.4 Å². The van der Waals surface area contributed by atoms with Gasteiger partial charge < -0.3 is 4.74 Å². The molecule has 7 heteroatoms. The SMILES string of the molecule is CCCCNS(=O)(=O)NC(=O)OCc1ccccc1. The van der Waals surface area contributed by atoms with Gasteiger partial charge in [0.05, 0.1) is 0 Å². The van der Waals surface area contributed by atoms with E-state index < -0.39 is 16.3 Å². The minimum Gasteiger partial charge on any atom is -0.444 e. The van der Waals surface area contributed by atoms with Gasteiger partial charge in [-0.05, 0) is 12.0 Å². The molecule has 19 heavy (non-hydrogen) atoms. The van der Waals surface area contributed by atoms with Crippen LogP contribution in [0.15, 0.2) is 30.3 Å². The summed E-state index contributed by atoms with van der Waals surface area (Å²) >= 11 is 0. The number of benzene rings is 1. The predicted molar refractivity (Wildman–Crippen MR) is 71.6 cm³/mol. The van der Waals surface area contributed by atoms with Crippen LogP contribution in [0.2, 0.25) is 0 Å². The average Bonchev–Trinajstić information content (AvgIpc) is 2.37. The van der Waals surface area contributed by atoms with E-state index in [9.17, 15) is 13.2 Å². The number of ether oxygens (including phenoxy) is 1. The van der Waals surface area contributed by atoms with Crippen molar-refractivity contribution in [1.29, 1.82) is 0 Å². The van der Waals surface area contributed by atoms with Gasteiger partial charge in [0.2, 0.25) is 0 Å². The normalized spacial score (nSPS) is 11.0. The van der Waals surface area contributed by atoms with Crippen LogP contribution < -0.4 is 9.44 Å². The van der Waals surface area contributed by atoms with Crippen LogP contribution in [0.3, 0.4) is 0 Å². The third kappa shape index (κ3) is 6.78. The van der Waals surface area contributed by atoms with Crippen LogP contribution in [-0.4, -0.2) is 21.1 Å². The molecule has 0 spiro atoms. The number of amides is 1. The molecular formula is C12H18N2O4S. The summed E-state index contributed by atoms with van der Waals surface area (Å²) in [6.07, 6.45) is 0.578. The van der Waals surface area contributed by atoms with Crippen molar-refractivity contribution in [2.75, 3.05) is 6.54 Å². The van der Waals surface area contributed by atoms with E-state index in [2.05, 4.69) is 4.72 Å². The van der Waals surface area contributed by atoms with Crippen molar-refractivity contribution < 1.29 is 17.9 Å². The van der Waals surface area contributed by atoms with Gasteiger partial charge in [0.25, 0.3) is 0 Å². The van der Waals surface area contributed by atoms with Crippen LogP contribution in [0.4, 0.5) is 4.79 Å². The molecule has 0 aliphatic carbocycles. The Hall–Kier alpha value is -1.60. The number of rotatable bonds is 7. The summed E-state index contributed by atoms with van der Waals surface area (Å²) in [6, 6.07) is 9.01. The summed E-state index contributed by atoms with van der Waals surface area (Å²) in [6.45, 7) is 2.25. The van der Waals surface area contributed by atoms with E-state index >= 15 is 0 Å². The van der Waals surface area contributed by atoms with E-state index in [1.807, 2.05) is 13.0 Å². The van der Waals surface area contributed by atoms with E-state index in [-0.39, 0.29) is 13.2 Å². The predicted octanol–water partition coefficient (Wildman–Crippen LogP) is 1.55. The highest BCUT2D eigenvalue weighted by atomic mass is 32.2. The fourth-order valence-corrected chi connectivity index (χ4v) is 2.05. The second-order valence-corrected chi connectivity index (χ2v) is 5.41. The number of carbonyl (C=O) groups is 1. The first kappa shape index (κ1) is 15.5. The van der Waals surface area contributed by atoms with Crippen molar-refractivity contribution in [2.24, 2.45) is 0 Å². The van der Waals surface area contributed by atoms with E-state index in [1.54, 1.807) is 29.0 Å². The molecule has 0 heterocycles. The van der Waals surface area contributed by atoms with E-state index in [4.69, 9.17) is 4.74 Å². The Kier molecular flexibility index (Phi) is 6.31. The van der Waals surface area contributed by atoms with Crippen molar-refractivity contribution in [3.63, 3.8) is 0 Å². The van der Waals surface area contributed by atoms with E-state index in [1.165, 1.54) is 0 Å². The van der Waals surface area contributed by atoms with Gasteiger partial charge in [-0.15, -0.1) is 0 Å². The summed E-state index contributed by atoms with van der Waals surface area (Å²) < 4.78 is 31.6. The molecule has 0 radical (unpaired) electrons. The lowest BCUT2D eigenvalue weighted by atomic mass is 10.2. The molecule has 1 rings (SSSR count). The van der Waals surface area contributed by atoms with E-state index in [0.29, 0.717) is 6.42 Å². The van der Waals surface area contributed by atoms with Crippen molar-refractivity contribution in [3.8, 4) is 0 Å². The van der Waals surface area contributed by atoms with Gasteiger partial charge in [-0.1, -0.05) is 43.7 Å². The van der Waals surface area contributed by atoms with Gasteiger partial charge >= 0.3 is 16.3 Å². The Balaban J connectivity index is 2.34. The number of nitrogens with one attached hydrogen (secondary N) is 2. The van der Waals surface area contributed by atoms with Crippen LogP contribution >= 0.6 is 0 Å². The minimum absolute atomic E-state index is 0.0250. The Morgan fingerprint density at radius 3 is 2.58 bits per heavy atom. The van der Waals surface area contributed by atoms with Crippen LogP contribution in [0, 0.1) is 0 Å². The van der Waals surface area contributed by atoms with E-state index in [0.717, 1.165) is 12.0 Å². The average molecular weight is 286 g/mol. The van der Waals surface area contributed by atoms with Crippen LogP contribution in [0.25, 0.3) is 0 Å². The molecule has 0 aliphatic heterocycles. The van der Waals surface area contributed by atoms with Crippen LogP contribution in [0.5, 0.6) is 0 Å². The van der Waals surface area contributed by atoms with Crippen LogP contribution in [-0.2, 0) is 21.6 Å². The molecule has 1 aromatic rings. The monoisotopic (exact) mass is 286 g/mol. The molecule has 0 fully saturated rings. The lowest BCUT2D eigenvalue weighted by Crippen LogP contribution is -2.40. The molecule has 2 N–H and O–H groups in total. The summed E-state index contributed by atoms with van der Waals surface area (Å²) in [4.78, 5) is 11.3. The second kappa shape index (κ2) is 7.75. The summed E-state index contributed by atoms with van der Waals surface area (Å²) in [5.74, 6) is 0. The van der Waals surface area contributed by atoms with Gasteiger partial charge in [0, 0.05) is 6.54 Å². The molecule has 0 aromatic heterocycles. The molecule has 1 amide bonds. The first-order valence-corrected chi connectivity index (χ1v) is 7.50. The molecule has 0 saturated heterocycles. The largest absolute Gasteiger partial charge is 0.444 e. The van der Waals surface area contributed by atoms with Gasteiger partial charge in [-0.2, -0.15) is 13.1 Å². The molecule has 0 saturated carbocycles. The molecular weight excluding hydrogens is 268 g/mol. The zero-order chi connectivity index (χ0) is 14.1. The molecule has 106 valence electrons. The van der Waals surface area contributed by atoms with Gasteiger partial charge in [0.1, 0.15) is 6.61 Å². The Bertz CT molecular complexity index is 488. The Labute approximate surface area is 113 Å². The number of hydrogen-bond donors (Lipinski definition) is 2. The third-order valence-electron chi connectivity index (χ3n) is 2.25. The fourth-order valence-electron chi connectivity index (χ4n) is 1.28. The maximum absolute atomic E-state index is 11.4. The Morgan fingerprint density at radius 2 is 1.95 bits per heavy atom. The molecule has 1 aromatic carbocycles. The standard InChI is InChI=1S/C12H18N2O4S/c1-2-3-9-13-19(16,17)14-12(15)18-10-11-7-5-4-6-8-11/h4-8,13H,2-3,9-10H2,1H3,(H,14,15). The zero-order valence-corrected chi connectivity index (χ0v) is 11.6. The van der Waals surface area contributed by atoms with Gasteiger partial charge in [-0.25, -0.2) is 9.52 Å². The number of carbonyl (C=O) groups excluding carboxylic acids is 1. The van der Waals surface area contributed by atoms with Crippen LogP contribution in [0.1, 0.15) is 25.3 Å². The smallest absolute Gasteiger partial charge is 0.422 e. The topological polar surface area (TPSA) is 84.5 Å². The summed E-state index contributed by atoms with van der Waals surface area (Å²) in [7, 11) is -3.83. The summed E-state index contributed by atoms with van der Waals surface area (Å²) in [5.41, 5.74) is 0.786. The lowest BCUT2D eigenvalue weighted by Gasteiger charge is -2.08. The Morgan fingerprint density at radius 1 is 1.26 bits per heavy atom. The van der Waals surface area contributed by atoms with Crippen molar-refractivity contribution in [1.82, 2.24) is 9.44 Å². The number of unbranched alkanes of at least 4 members (excludes halogenated alkanes) is 1. The zero-order valence-electron chi connectivity index (χ0n) is 10.8. The first-order valence-electron chi connectivity index (χ1n) is 6.01. The molecule has 0 aliphatic rings. The number of hydrogen-bond acceptors (Lipinski definition) is 4. The maximum Gasteiger partial charge on any atom is 0.422 e. The minimum atomic E-state index is -3.83. The van der Waals surface area contributed by atoms with Crippen molar-refractivity contribution in [3.05, 3.63) is 35.9 Å². The third-order valence-corrected chi connectivity index (χ3v) is 3.27. The van der Waals surface area contributed by atoms with Crippen molar-refractivity contribution >= 4 is 16.3 Å². The van der Waals surface area contributed by atoms with Gasteiger partial charge in [0.15, 0.2) is 0 Å². The molecule has 0 bridgehead atoms. The molecule has 0 unspecified atom stereocenters. The van der Waals surface area contributed by atoms with Gasteiger partial charge in [-0.3, -0.25) is 0 Å². The highest BCUT2D eigenvalue weighted by Crippen LogP contribution is 2.00. The fraction of sp³-hybridized carbons (Fsp3) is 0.417. The molecule has 0 atom stereocenters. The first-order chi connectivity index (χ1) is 9.03. The maximum atomic E-state index is 11.4. The summed E-state index contributed by atoms with van der Waals surface area (Å²) in [5, 5.41) is 0.